The third kappa shape index (κ3) is 2.51. The number of hydrogen-bond acceptors (Lipinski definition) is 3. The molecule has 0 aromatic heterocycles. The van der Waals surface area contributed by atoms with Gasteiger partial charge in [0.05, 0.1) is 25.3 Å². The van der Waals surface area contributed by atoms with E-state index >= 15 is 0 Å². The zero-order valence-corrected chi connectivity index (χ0v) is 12.2. The van der Waals surface area contributed by atoms with Crippen molar-refractivity contribution in [1.82, 2.24) is 4.90 Å². The van der Waals surface area contributed by atoms with Gasteiger partial charge in [0.2, 0.25) is 0 Å². The standard InChI is InChI=1S/C16H22N2O/c1-12(2)13-5-7-14(8-6-13)15(18(3)4)16(9-17)10-19-11-16/h5-8,12,15H,10-11H2,1-4H3. The van der Waals surface area contributed by atoms with Gasteiger partial charge in [0, 0.05) is 0 Å². The van der Waals surface area contributed by atoms with E-state index in [1.54, 1.807) is 0 Å². The van der Waals surface area contributed by atoms with Crippen molar-refractivity contribution in [3.63, 3.8) is 0 Å². The van der Waals surface area contributed by atoms with Crippen LogP contribution in [0.15, 0.2) is 24.3 Å². The Morgan fingerprint density at radius 2 is 1.68 bits per heavy atom. The average Bonchev–Trinajstić information content (AvgIpc) is 2.33. The molecule has 0 N–H and O–H groups in total. The molecule has 1 saturated heterocycles. The van der Waals surface area contributed by atoms with Crippen LogP contribution in [0.5, 0.6) is 0 Å². The van der Waals surface area contributed by atoms with Crippen LogP contribution < -0.4 is 0 Å². The van der Waals surface area contributed by atoms with Crippen LogP contribution in [0, 0.1) is 16.7 Å². The largest absolute Gasteiger partial charge is 0.378 e. The summed E-state index contributed by atoms with van der Waals surface area (Å²) in [5, 5.41) is 9.50. The number of rotatable bonds is 4. The molecule has 3 heteroatoms. The lowest BCUT2D eigenvalue weighted by Crippen LogP contribution is -2.50. The van der Waals surface area contributed by atoms with Crippen molar-refractivity contribution in [1.29, 1.82) is 5.26 Å². The monoisotopic (exact) mass is 258 g/mol. The molecular weight excluding hydrogens is 236 g/mol. The van der Waals surface area contributed by atoms with E-state index in [2.05, 4.69) is 49.1 Å². The average molecular weight is 258 g/mol. The second-order valence-electron chi connectivity index (χ2n) is 5.95. The van der Waals surface area contributed by atoms with Gasteiger partial charge in [0.25, 0.3) is 0 Å². The lowest BCUT2D eigenvalue weighted by atomic mass is 9.75. The number of nitrogens with zero attached hydrogens (tertiary/aromatic N) is 2. The van der Waals surface area contributed by atoms with Crippen LogP contribution in [0.4, 0.5) is 0 Å². The molecule has 1 fully saturated rings. The van der Waals surface area contributed by atoms with Gasteiger partial charge in [-0.25, -0.2) is 0 Å². The van der Waals surface area contributed by atoms with Crippen LogP contribution in [0.2, 0.25) is 0 Å². The number of benzene rings is 1. The van der Waals surface area contributed by atoms with Gasteiger partial charge in [-0.15, -0.1) is 0 Å². The maximum absolute atomic E-state index is 9.50. The molecule has 0 spiro atoms. The van der Waals surface area contributed by atoms with Gasteiger partial charge in [0.15, 0.2) is 0 Å². The van der Waals surface area contributed by atoms with Crippen LogP contribution >= 0.6 is 0 Å². The molecular formula is C16H22N2O. The minimum atomic E-state index is -0.400. The Bertz CT molecular complexity index is 467. The highest BCUT2D eigenvalue weighted by Crippen LogP contribution is 2.43. The predicted molar refractivity (Wildman–Crippen MR) is 75.8 cm³/mol. The minimum absolute atomic E-state index is 0.0902. The molecule has 1 atom stereocenters. The van der Waals surface area contributed by atoms with Gasteiger partial charge in [-0.3, -0.25) is 0 Å². The fraction of sp³-hybridized carbons (Fsp3) is 0.562. The van der Waals surface area contributed by atoms with E-state index in [1.807, 2.05) is 14.1 Å². The first kappa shape index (κ1) is 14.0. The Morgan fingerprint density at radius 3 is 2.00 bits per heavy atom. The molecule has 19 heavy (non-hydrogen) atoms. The molecule has 1 aromatic carbocycles. The third-order valence-corrected chi connectivity index (χ3v) is 3.90. The summed E-state index contributed by atoms with van der Waals surface area (Å²) in [4.78, 5) is 2.12. The van der Waals surface area contributed by atoms with Crippen LogP contribution in [0.1, 0.15) is 36.9 Å². The molecule has 0 radical (unpaired) electrons. The highest BCUT2D eigenvalue weighted by atomic mass is 16.5. The summed E-state index contributed by atoms with van der Waals surface area (Å²) in [6.45, 7) is 5.43. The fourth-order valence-corrected chi connectivity index (χ4v) is 2.78. The Kier molecular flexibility index (Phi) is 3.93. The molecule has 0 saturated carbocycles. The van der Waals surface area contributed by atoms with Crippen LogP contribution in [-0.4, -0.2) is 32.2 Å². The van der Waals surface area contributed by atoms with E-state index in [-0.39, 0.29) is 6.04 Å². The van der Waals surface area contributed by atoms with E-state index in [0.717, 1.165) is 0 Å². The lowest BCUT2D eigenvalue weighted by molar-refractivity contribution is -0.115. The van der Waals surface area contributed by atoms with Crippen molar-refractivity contribution in [3.05, 3.63) is 35.4 Å². The molecule has 0 aliphatic carbocycles. The summed E-state index contributed by atoms with van der Waals surface area (Å²) in [6, 6.07) is 11.2. The molecule has 0 bridgehead atoms. The van der Waals surface area contributed by atoms with Gasteiger partial charge < -0.3 is 9.64 Å². The number of hydrogen-bond donors (Lipinski definition) is 0. The molecule has 1 heterocycles. The third-order valence-electron chi connectivity index (χ3n) is 3.90. The summed E-state index contributed by atoms with van der Waals surface area (Å²) in [5.41, 5.74) is 2.12. The Balaban J connectivity index is 2.32. The van der Waals surface area contributed by atoms with Gasteiger partial charge in [0.1, 0.15) is 5.41 Å². The summed E-state index contributed by atoms with van der Waals surface area (Å²) < 4.78 is 5.29. The Hall–Kier alpha value is -1.37. The van der Waals surface area contributed by atoms with Crippen LogP contribution in [0.3, 0.4) is 0 Å². The van der Waals surface area contributed by atoms with E-state index in [4.69, 9.17) is 4.74 Å². The summed E-state index contributed by atoms with van der Waals surface area (Å²) >= 11 is 0. The summed E-state index contributed by atoms with van der Waals surface area (Å²) in [6.07, 6.45) is 0. The quantitative estimate of drug-likeness (QED) is 0.833. The normalized spacial score (nSPS) is 19.0. The maximum atomic E-state index is 9.50. The smallest absolute Gasteiger partial charge is 0.123 e. The van der Waals surface area contributed by atoms with Gasteiger partial charge in [-0.05, 0) is 31.1 Å². The maximum Gasteiger partial charge on any atom is 0.123 e. The molecule has 0 amide bonds. The number of ether oxygens (including phenoxy) is 1. The van der Waals surface area contributed by atoms with Crippen LogP contribution in [0.25, 0.3) is 0 Å². The fourth-order valence-electron chi connectivity index (χ4n) is 2.78. The second-order valence-corrected chi connectivity index (χ2v) is 5.95. The van der Waals surface area contributed by atoms with E-state index in [0.29, 0.717) is 19.1 Å². The highest BCUT2D eigenvalue weighted by Gasteiger charge is 2.48. The predicted octanol–water partition coefficient (Wildman–Crippen LogP) is 2.95. The van der Waals surface area contributed by atoms with Crippen molar-refractivity contribution >= 4 is 0 Å². The van der Waals surface area contributed by atoms with E-state index in [9.17, 15) is 5.26 Å². The van der Waals surface area contributed by atoms with E-state index in [1.165, 1.54) is 11.1 Å². The van der Waals surface area contributed by atoms with Crippen molar-refractivity contribution in [2.75, 3.05) is 27.3 Å². The first-order valence-electron chi connectivity index (χ1n) is 6.75. The van der Waals surface area contributed by atoms with Crippen molar-refractivity contribution in [2.45, 2.75) is 25.8 Å². The zero-order valence-electron chi connectivity index (χ0n) is 12.2. The second kappa shape index (κ2) is 5.32. The molecule has 1 aromatic rings. The molecule has 1 aliphatic rings. The van der Waals surface area contributed by atoms with Crippen LogP contribution in [-0.2, 0) is 4.74 Å². The van der Waals surface area contributed by atoms with Crippen molar-refractivity contribution < 1.29 is 4.74 Å². The molecule has 1 aliphatic heterocycles. The number of nitriles is 1. The molecule has 2 rings (SSSR count). The first-order chi connectivity index (χ1) is 9.00. The molecule has 1 unspecified atom stereocenters. The first-order valence-corrected chi connectivity index (χ1v) is 6.75. The lowest BCUT2D eigenvalue weighted by Gasteiger charge is -2.44. The summed E-state index contributed by atoms with van der Waals surface area (Å²) in [7, 11) is 4.05. The SMILES string of the molecule is CC(C)c1ccc(C(N(C)C)C2(C#N)COC2)cc1. The van der Waals surface area contributed by atoms with Crippen molar-refractivity contribution in [2.24, 2.45) is 5.41 Å². The van der Waals surface area contributed by atoms with Crippen molar-refractivity contribution in [3.8, 4) is 6.07 Å². The Morgan fingerprint density at radius 1 is 1.16 bits per heavy atom. The van der Waals surface area contributed by atoms with E-state index < -0.39 is 5.41 Å². The van der Waals surface area contributed by atoms with Gasteiger partial charge in [-0.1, -0.05) is 38.1 Å². The molecule has 3 nitrogen and oxygen atoms in total. The zero-order chi connectivity index (χ0) is 14.0. The minimum Gasteiger partial charge on any atom is -0.378 e. The highest BCUT2D eigenvalue weighted by molar-refractivity contribution is 5.31. The topological polar surface area (TPSA) is 36.3 Å². The van der Waals surface area contributed by atoms with Gasteiger partial charge in [-0.2, -0.15) is 5.26 Å². The molecule has 102 valence electrons. The summed E-state index contributed by atoms with van der Waals surface area (Å²) in [5.74, 6) is 0.531. The Labute approximate surface area is 115 Å². The van der Waals surface area contributed by atoms with Gasteiger partial charge >= 0.3 is 0 Å².